The summed E-state index contributed by atoms with van der Waals surface area (Å²) in [7, 11) is -3.76. The van der Waals surface area contributed by atoms with Gasteiger partial charge in [-0.3, -0.25) is 4.79 Å². The number of carbonyl (C=O) groups is 2. The van der Waals surface area contributed by atoms with Crippen molar-refractivity contribution in [2.75, 3.05) is 5.32 Å². The van der Waals surface area contributed by atoms with Gasteiger partial charge in [0.2, 0.25) is 10.0 Å². The molecule has 1 atom stereocenters. The van der Waals surface area contributed by atoms with Crippen LogP contribution < -0.4 is 10.0 Å². The fourth-order valence-corrected chi connectivity index (χ4v) is 3.67. The van der Waals surface area contributed by atoms with Crippen molar-refractivity contribution in [1.29, 1.82) is 0 Å². The molecule has 3 rings (SSSR count). The van der Waals surface area contributed by atoms with Gasteiger partial charge in [0.15, 0.2) is 6.10 Å². The third-order valence-electron chi connectivity index (χ3n) is 4.47. The summed E-state index contributed by atoms with van der Waals surface area (Å²) in [5.74, 6) is -2.94. The zero-order valence-corrected chi connectivity index (χ0v) is 18.6. The minimum absolute atomic E-state index is 0.00237. The molecule has 1 aromatic heterocycles. The van der Waals surface area contributed by atoms with Gasteiger partial charge in [0.25, 0.3) is 5.91 Å². The first-order chi connectivity index (χ1) is 16.1. The van der Waals surface area contributed by atoms with Gasteiger partial charge in [0.05, 0.1) is 23.4 Å². The van der Waals surface area contributed by atoms with Crippen molar-refractivity contribution in [1.82, 2.24) is 4.72 Å². The Morgan fingerprint density at radius 3 is 2.50 bits per heavy atom. The summed E-state index contributed by atoms with van der Waals surface area (Å²) in [6, 6.07) is 11.6. The normalized spacial score (nSPS) is 12.4. The van der Waals surface area contributed by atoms with E-state index in [1.807, 2.05) is 0 Å². The molecule has 0 radical (unpaired) electrons. The third kappa shape index (κ3) is 6.83. The van der Waals surface area contributed by atoms with Crippen LogP contribution in [0.25, 0.3) is 6.08 Å². The van der Waals surface area contributed by atoms with Crippen molar-refractivity contribution < 1.29 is 35.9 Å². The SMILES string of the molecule is CC(OC(=O)/C=C/c1ccc(S(=O)(=O)NCc2ccco2)cc1)C(=O)Nc1ccc(F)cc1F. The molecule has 0 aliphatic rings. The number of carbonyl (C=O) groups excluding carboxylic acids is 2. The molecule has 0 saturated carbocycles. The summed E-state index contributed by atoms with van der Waals surface area (Å²) in [5.41, 5.74) is 0.256. The summed E-state index contributed by atoms with van der Waals surface area (Å²) in [6.45, 7) is 1.29. The topological polar surface area (TPSA) is 115 Å². The van der Waals surface area contributed by atoms with E-state index in [9.17, 15) is 26.8 Å². The van der Waals surface area contributed by atoms with Crippen LogP contribution in [0.4, 0.5) is 14.5 Å². The number of rotatable bonds is 9. The number of halogens is 2. The van der Waals surface area contributed by atoms with Gasteiger partial charge in [-0.15, -0.1) is 0 Å². The lowest BCUT2D eigenvalue weighted by atomic mass is 10.2. The highest BCUT2D eigenvalue weighted by molar-refractivity contribution is 7.89. The first kappa shape index (κ1) is 24.8. The third-order valence-corrected chi connectivity index (χ3v) is 5.89. The molecule has 2 aromatic carbocycles. The van der Waals surface area contributed by atoms with Crippen LogP contribution in [-0.4, -0.2) is 26.4 Å². The molecular formula is C23H20F2N2O6S. The standard InChI is InChI=1S/C23H20F2N2O6S/c1-15(23(29)27-21-10-7-17(24)13-20(21)25)33-22(28)11-6-16-4-8-19(9-5-16)34(30,31)26-14-18-3-2-12-32-18/h2-13,15,26H,14H2,1H3,(H,27,29)/b11-6+. The average Bonchev–Trinajstić information content (AvgIpc) is 3.32. The first-order valence-electron chi connectivity index (χ1n) is 9.91. The quantitative estimate of drug-likeness (QED) is 0.350. The van der Waals surface area contributed by atoms with E-state index in [1.165, 1.54) is 43.5 Å². The highest BCUT2D eigenvalue weighted by Crippen LogP contribution is 2.16. The molecule has 0 aliphatic carbocycles. The number of esters is 1. The molecule has 0 bridgehead atoms. The monoisotopic (exact) mass is 490 g/mol. The van der Waals surface area contributed by atoms with E-state index in [1.54, 1.807) is 12.1 Å². The van der Waals surface area contributed by atoms with E-state index in [0.29, 0.717) is 17.4 Å². The van der Waals surface area contributed by atoms with Crippen LogP contribution in [0.3, 0.4) is 0 Å². The molecule has 1 amide bonds. The molecule has 0 saturated heterocycles. The predicted molar refractivity (Wildman–Crippen MR) is 119 cm³/mol. The van der Waals surface area contributed by atoms with Gasteiger partial charge in [0.1, 0.15) is 17.4 Å². The molecule has 1 heterocycles. The van der Waals surface area contributed by atoms with Gasteiger partial charge in [-0.1, -0.05) is 12.1 Å². The number of hydrogen-bond acceptors (Lipinski definition) is 6. The molecule has 11 heteroatoms. The first-order valence-corrected chi connectivity index (χ1v) is 11.4. The maximum Gasteiger partial charge on any atom is 0.331 e. The Bertz CT molecular complexity index is 1290. The summed E-state index contributed by atoms with van der Waals surface area (Å²) in [6.07, 6.45) is 2.61. The Morgan fingerprint density at radius 2 is 1.85 bits per heavy atom. The second-order valence-corrected chi connectivity index (χ2v) is 8.77. The fraction of sp³-hybridized carbons (Fsp3) is 0.130. The van der Waals surface area contributed by atoms with Crippen molar-refractivity contribution >= 4 is 33.7 Å². The van der Waals surface area contributed by atoms with Gasteiger partial charge in [-0.05, 0) is 55.0 Å². The Kier molecular flexibility index (Phi) is 7.92. The molecule has 178 valence electrons. The van der Waals surface area contributed by atoms with Crippen molar-refractivity contribution in [3.8, 4) is 0 Å². The van der Waals surface area contributed by atoms with Crippen LogP contribution in [0.2, 0.25) is 0 Å². The van der Waals surface area contributed by atoms with Crippen LogP contribution in [0, 0.1) is 11.6 Å². The van der Waals surface area contributed by atoms with E-state index in [4.69, 9.17) is 9.15 Å². The molecule has 3 aromatic rings. The molecule has 1 unspecified atom stereocenters. The lowest BCUT2D eigenvalue weighted by molar-refractivity contribution is -0.148. The van der Waals surface area contributed by atoms with Crippen molar-refractivity contribution in [2.24, 2.45) is 0 Å². The molecular weight excluding hydrogens is 470 g/mol. The van der Waals surface area contributed by atoms with Gasteiger partial charge in [-0.25, -0.2) is 26.7 Å². The number of sulfonamides is 1. The van der Waals surface area contributed by atoms with Gasteiger partial charge in [0, 0.05) is 12.1 Å². The van der Waals surface area contributed by atoms with Crippen LogP contribution in [0.1, 0.15) is 18.2 Å². The molecule has 0 aliphatic heterocycles. The van der Waals surface area contributed by atoms with E-state index in [0.717, 1.165) is 18.2 Å². The van der Waals surface area contributed by atoms with Crippen LogP contribution >= 0.6 is 0 Å². The highest BCUT2D eigenvalue weighted by Gasteiger charge is 2.18. The smallest absolute Gasteiger partial charge is 0.331 e. The molecule has 2 N–H and O–H groups in total. The zero-order chi connectivity index (χ0) is 24.7. The van der Waals surface area contributed by atoms with Crippen molar-refractivity contribution in [3.05, 3.63) is 89.9 Å². The molecule has 34 heavy (non-hydrogen) atoms. The average molecular weight is 490 g/mol. The number of benzene rings is 2. The Morgan fingerprint density at radius 1 is 1.12 bits per heavy atom. The highest BCUT2D eigenvalue weighted by atomic mass is 32.2. The minimum atomic E-state index is -3.76. The Hall–Kier alpha value is -3.83. The maximum atomic E-state index is 13.6. The fourth-order valence-electron chi connectivity index (χ4n) is 2.68. The Labute approximate surface area is 194 Å². The number of amides is 1. The predicted octanol–water partition coefficient (Wildman–Crippen LogP) is 3.62. The lowest BCUT2D eigenvalue weighted by Gasteiger charge is -2.12. The van der Waals surface area contributed by atoms with Crippen LogP contribution in [0.5, 0.6) is 0 Å². The second-order valence-electron chi connectivity index (χ2n) is 7.00. The maximum absolute atomic E-state index is 13.6. The zero-order valence-electron chi connectivity index (χ0n) is 17.8. The number of ether oxygens (including phenoxy) is 1. The number of anilines is 1. The lowest BCUT2D eigenvalue weighted by Crippen LogP contribution is -2.29. The van der Waals surface area contributed by atoms with E-state index in [-0.39, 0.29) is 17.1 Å². The van der Waals surface area contributed by atoms with Gasteiger partial charge < -0.3 is 14.5 Å². The van der Waals surface area contributed by atoms with E-state index in [2.05, 4.69) is 10.0 Å². The molecule has 0 spiro atoms. The second kappa shape index (κ2) is 10.9. The Balaban J connectivity index is 1.53. The molecule has 0 fully saturated rings. The van der Waals surface area contributed by atoms with Crippen LogP contribution in [0.15, 0.2) is 76.2 Å². The number of nitrogens with one attached hydrogen (secondary N) is 2. The number of hydrogen-bond donors (Lipinski definition) is 2. The summed E-state index contributed by atoms with van der Waals surface area (Å²) in [4.78, 5) is 24.1. The summed E-state index contributed by atoms with van der Waals surface area (Å²) < 4.78 is 63.7. The number of furan rings is 1. The van der Waals surface area contributed by atoms with Crippen LogP contribution in [-0.2, 0) is 30.9 Å². The largest absolute Gasteiger partial charge is 0.468 e. The van der Waals surface area contributed by atoms with Crippen molar-refractivity contribution in [2.45, 2.75) is 24.5 Å². The van der Waals surface area contributed by atoms with Gasteiger partial charge >= 0.3 is 5.97 Å². The molecule has 8 nitrogen and oxygen atoms in total. The summed E-state index contributed by atoms with van der Waals surface area (Å²) >= 11 is 0. The van der Waals surface area contributed by atoms with E-state index < -0.39 is 39.6 Å². The van der Waals surface area contributed by atoms with Crippen molar-refractivity contribution in [3.63, 3.8) is 0 Å². The van der Waals surface area contributed by atoms with Gasteiger partial charge in [-0.2, -0.15) is 0 Å². The minimum Gasteiger partial charge on any atom is -0.468 e. The summed E-state index contributed by atoms with van der Waals surface area (Å²) in [5, 5.41) is 2.21. The van der Waals surface area contributed by atoms with E-state index >= 15 is 0 Å².